The maximum atomic E-state index is 11.7. The number of hydrogen-bond donors (Lipinski definition) is 14. The molecule has 0 aliphatic carbocycles. The highest BCUT2D eigenvalue weighted by Crippen LogP contribution is 2.65. The van der Waals surface area contributed by atoms with Crippen LogP contribution in [0, 0.1) is 0 Å². The van der Waals surface area contributed by atoms with Gasteiger partial charge in [0.15, 0.2) is 34.5 Å². The quantitative estimate of drug-likeness (QED) is 0.0370. The van der Waals surface area contributed by atoms with Crippen LogP contribution < -0.4 is 9.78 Å². The first-order valence-corrected chi connectivity index (χ1v) is 16.3. The molecule has 1 aliphatic heterocycles. The molecule has 9 rings (SSSR count). The van der Waals surface area contributed by atoms with Crippen LogP contribution in [0.5, 0.6) is 92.0 Å². The molecule has 56 heavy (non-hydrogen) atoms. The van der Waals surface area contributed by atoms with E-state index in [1.165, 1.54) is 12.1 Å². The van der Waals surface area contributed by atoms with E-state index in [0.717, 1.165) is 0 Å². The van der Waals surface area contributed by atoms with Crippen LogP contribution in [-0.2, 0) is 0 Å². The highest BCUT2D eigenvalue weighted by Gasteiger charge is 2.37. The molecule has 0 amide bonds. The third kappa shape index (κ3) is 3.95. The average molecular weight is 761 g/mol. The minimum Gasteiger partial charge on any atom is -0.506 e. The van der Waals surface area contributed by atoms with Gasteiger partial charge in [-0.25, -0.2) is 0 Å². The van der Waals surface area contributed by atoms with E-state index in [1.807, 2.05) is 0 Å². The van der Waals surface area contributed by atoms with Crippen LogP contribution in [0.3, 0.4) is 0 Å². The second kappa shape index (κ2) is 11.1. The molecule has 14 N–H and O–H groups in total. The molecule has 0 atom stereocenters. The third-order valence-corrected chi connectivity index (χ3v) is 10.2. The van der Waals surface area contributed by atoms with Crippen LogP contribution in [0.4, 0.5) is 0 Å². The number of phenols is 14. The van der Waals surface area contributed by atoms with Gasteiger partial charge in [-0.1, -0.05) is 60.7 Å². The molecule has 16 nitrogen and oxygen atoms in total. The van der Waals surface area contributed by atoms with Crippen molar-refractivity contribution in [2.24, 2.45) is 0 Å². The molecular weight excluding hydrogens is 736 g/mol. The van der Waals surface area contributed by atoms with Gasteiger partial charge in [-0.05, 0) is 32.7 Å². The van der Waals surface area contributed by atoms with E-state index >= 15 is 0 Å². The number of aromatic hydroxyl groups is 14. The summed E-state index contributed by atoms with van der Waals surface area (Å²) in [6, 6.07) is 15.6. The lowest BCUT2D eigenvalue weighted by Gasteiger charge is -2.21. The molecule has 0 saturated carbocycles. The number of fused-ring (bicyclic) bond motifs is 6. The van der Waals surface area contributed by atoms with E-state index in [-0.39, 0.29) is 43.8 Å². The minimum atomic E-state index is -1.22. The Morgan fingerprint density at radius 3 is 1.25 bits per heavy atom. The van der Waals surface area contributed by atoms with Crippen LogP contribution in [0.25, 0.3) is 76.5 Å². The van der Waals surface area contributed by atoms with Gasteiger partial charge < -0.3 is 71.5 Å². The summed E-state index contributed by atoms with van der Waals surface area (Å²) in [7, 11) is 0. The van der Waals surface area contributed by atoms with Crippen LogP contribution >= 0.6 is 0 Å². The maximum Gasteiger partial charge on any atom is 0.235 e. The van der Waals surface area contributed by atoms with Gasteiger partial charge in [0.2, 0.25) is 51.7 Å². The fraction of sp³-hybridized carbons (Fsp3) is 0. The van der Waals surface area contributed by atoms with Gasteiger partial charge in [-0.2, -0.15) is 0 Å². The molecule has 0 bridgehead atoms. The van der Waals surface area contributed by atoms with Crippen molar-refractivity contribution in [2.45, 2.75) is 0 Å². The first kappa shape index (κ1) is 33.4. The largest absolute Gasteiger partial charge is 0.506 e. The Morgan fingerprint density at radius 2 is 0.643 bits per heavy atom. The predicted octanol–water partition coefficient (Wildman–Crippen LogP) is 6.87. The fourth-order valence-corrected chi connectivity index (χ4v) is 7.69. The smallest absolute Gasteiger partial charge is 0.235 e. The van der Waals surface area contributed by atoms with Gasteiger partial charge in [-0.15, -0.1) is 0 Å². The molecule has 8 aromatic rings. The zero-order chi connectivity index (χ0) is 39.8. The van der Waals surface area contributed by atoms with Crippen molar-refractivity contribution in [2.75, 3.05) is 0 Å². The summed E-state index contributed by atoms with van der Waals surface area (Å²) in [4.78, 5) is 10.7. The number of rotatable bonds is 2. The topological polar surface area (TPSA) is 302 Å². The summed E-state index contributed by atoms with van der Waals surface area (Å²) in [5.41, 5.74) is -0.510. The highest BCUT2D eigenvalue weighted by molar-refractivity contribution is 6.29. The van der Waals surface area contributed by atoms with Crippen LogP contribution in [0.2, 0.25) is 0 Å². The second-order valence-corrected chi connectivity index (χ2v) is 13.0. The second-order valence-electron chi connectivity index (χ2n) is 13.0. The van der Waals surface area contributed by atoms with E-state index in [9.17, 15) is 71.5 Å². The van der Waals surface area contributed by atoms with E-state index < -0.39 is 114 Å². The van der Waals surface area contributed by atoms with Crippen molar-refractivity contribution in [3.05, 3.63) is 60.7 Å². The minimum absolute atomic E-state index is 0.0258. The molecule has 0 unspecified atom stereocenters. The Labute approximate surface area is 310 Å². The summed E-state index contributed by atoms with van der Waals surface area (Å²) in [5, 5.41) is 151. The molecule has 16 heteroatoms. The predicted molar refractivity (Wildman–Crippen MR) is 197 cm³/mol. The first-order chi connectivity index (χ1) is 26.7. The normalized spacial score (nSPS) is 12.1. The standard InChI is InChI=1S/C40H24O16/c41-25-19(26(42)28(44)23-22(25)29(45)32(48)33(49)30(23)46)14-10-4-7-11-12(14)8-3-9-13(11)17-15-5-1-2-6-16(15)18-21-20(17)27(43)35(51)37(53)39(21)55-56-40-24(18)31(47)34(50)36(52)38(40)54/h1-10,41-54H. The van der Waals surface area contributed by atoms with Crippen molar-refractivity contribution in [3.8, 4) is 125 Å². The molecule has 0 aromatic heterocycles. The van der Waals surface area contributed by atoms with E-state index in [2.05, 4.69) is 0 Å². The highest BCUT2D eigenvalue weighted by atomic mass is 17.2. The average Bonchev–Trinajstić information content (AvgIpc) is 3.38. The van der Waals surface area contributed by atoms with E-state index in [1.54, 1.807) is 48.5 Å². The zero-order valence-electron chi connectivity index (χ0n) is 27.9. The van der Waals surface area contributed by atoms with E-state index in [4.69, 9.17) is 9.78 Å². The molecule has 1 aliphatic rings. The Hall–Kier alpha value is -8.40. The molecule has 280 valence electrons. The molecule has 0 spiro atoms. The van der Waals surface area contributed by atoms with Crippen molar-refractivity contribution >= 4 is 43.1 Å². The van der Waals surface area contributed by atoms with Crippen LogP contribution in [0.15, 0.2) is 60.7 Å². The first-order valence-electron chi connectivity index (χ1n) is 16.3. The van der Waals surface area contributed by atoms with Gasteiger partial charge >= 0.3 is 0 Å². The molecule has 8 aromatic carbocycles. The Morgan fingerprint density at radius 1 is 0.250 bits per heavy atom. The van der Waals surface area contributed by atoms with Gasteiger partial charge in [0, 0.05) is 21.9 Å². The molecule has 0 saturated heterocycles. The zero-order valence-corrected chi connectivity index (χ0v) is 27.9. The van der Waals surface area contributed by atoms with Crippen molar-refractivity contribution < 1.29 is 81.3 Å². The van der Waals surface area contributed by atoms with E-state index in [0.29, 0.717) is 10.8 Å². The van der Waals surface area contributed by atoms with Crippen LogP contribution in [-0.4, -0.2) is 71.5 Å². The Bertz CT molecular complexity index is 3130. The van der Waals surface area contributed by atoms with Gasteiger partial charge in [-0.3, -0.25) is 9.78 Å². The third-order valence-electron chi connectivity index (χ3n) is 10.2. The summed E-state index contributed by atoms with van der Waals surface area (Å²) < 4.78 is 0. The lowest BCUT2D eigenvalue weighted by Crippen LogP contribution is -2.01. The molecule has 0 fully saturated rings. The van der Waals surface area contributed by atoms with Crippen molar-refractivity contribution in [3.63, 3.8) is 0 Å². The van der Waals surface area contributed by atoms with Crippen molar-refractivity contribution in [1.29, 1.82) is 0 Å². The maximum absolute atomic E-state index is 11.7. The SMILES string of the molecule is Oc1c(O)c(O)c2c(c1O)OOc1c(O)c(O)c(O)c3c(-c4cccc5c(-c6c(O)c(O)c7c(O)c(O)c(O)c(O)c7c6O)cccc45)c4ccccc4c-2c13. The number of hydrogen-bond acceptors (Lipinski definition) is 16. The summed E-state index contributed by atoms with van der Waals surface area (Å²) in [6.07, 6.45) is 0. The number of benzene rings is 8. The fourth-order valence-electron chi connectivity index (χ4n) is 7.69. The molecule has 1 heterocycles. The van der Waals surface area contributed by atoms with Crippen molar-refractivity contribution in [1.82, 2.24) is 0 Å². The summed E-state index contributed by atoms with van der Waals surface area (Å²) in [6.45, 7) is 0. The number of phenolic OH excluding ortho intramolecular Hbond substituents is 14. The van der Waals surface area contributed by atoms with Gasteiger partial charge in [0.1, 0.15) is 5.75 Å². The Kier molecular flexibility index (Phi) is 6.60. The molecular formula is C40H24O16. The van der Waals surface area contributed by atoms with Crippen LogP contribution in [0.1, 0.15) is 0 Å². The molecule has 0 radical (unpaired) electrons. The van der Waals surface area contributed by atoms with Gasteiger partial charge in [0.25, 0.3) is 0 Å². The lowest BCUT2D eigenvalue weighted by atomic mass is 9.82. The lowest BCUT2D eigenvalue weighted by molar-refractivity contribution is -0.101. The van der Waals surface area contributed by atoms with Gasteiger partial charge in [0.05, 0.1) is 21.9 Å². The monoisotopic (exact) mass is 760 g/mol. The summed E-state index contributed by atoms with van der Waals surface area (Å²) in [5.74, 6) is -16.3. The Balaban J connectivity index is 1.45. The summed E-state index contributed by atoms with van der Waals surface area (Å²) >= 11 is 0.